The number of nitrogens with one attached hydrogen (secondary N) is 4. The molecule has 0 aliphatic carbocycles. The molecule has 0 atom stereocenters. The highest BCUT2D eigenvalue weighted by molar-refractivity contribution is 5.95. The third-order valence-corrected chi connectivity index (χ3v) is 3.90. The number of carbonyl (C=O) groups excluding carboxylic acids is 3. The highest BCUT2D eigenvalue weighted by atomic mass is 16.2. The molecule has 2 rings (SSSR count). The minimum absolute atomic E-state index is 0.0413. The summed E-state index contributed by atoms with van der Waals surface area (Å²) in [5, 5.41) is 11.4. The summed E-state index contributed by atoms with van der Waals surface area (Å²) in [6.45, 7) is 5.55. The lowest BCUT2D eigenvalue weighted by Gasteiger charge is -2.11. The lowest BCUT2D eigenvalue weighted by Crippen LogP contribution is -2.21. The zero-order valence-electron chi connectivity index (χ0n) is 16.3. The molecule has 0 radical (unpaired) electrons. The topological polar surface area (TPSA) is 99.3 Å². The molecule has 0 fully saturated rings. The van der Waals surface area contributed by atoms with Crippen LogP contribution in [0, 0.1) is 5.92 Å². The Bertz CT molecular complexity index is 815. The number of carbonyl (C=O) groups is 3. The number of amides is 3. The van der Waals surface area contributed by atoms with E-state index in [4.69, 9.17) is 0 Å². The molecule has 0 aliphatic heterocycles. The van der Waals surface area contributed by atoms with E-state index in [2.05, 4.69) is 21.3 Å². The normalized spacial score (nSPS) is 10.3. The van der Waals surface area contributed by atoms with Crippen LogP contribution >= 0.6 is 0 Å². The first kappa shape index (κ1) is 21.0. The van der Waals surface area contributed by atoms with Gasteiger partial charge in [0.1, 0.15) is 0 Å². The summed E-state index contributed by atoms with van der Waals surface area (Å²) in [6.07, 6.45) is 0.412. The molecule has 7 heteroatoms. The third-order valence-electron chi connectivity index (χ3n) is 3.90. The molecular formula is C21H26N4O3. The van der Waals surface area contributed by atoms with Gasteiger partial charge in [-0.3, -0.25) is 14.4 Å². The summed E-state index contributed by atoms with van der Waals surface area (Å²) in [5.41, 5.74) is 2.82. The van der Waals surface area contributed by atoms with E-state index in [0.29, 0.717) is 23.5 Å². The van der Waals surface area contributed by atoms with Crippen LogP contribution < -0.4 is 21.3 Å². The smallest absolute Gasteiger partial charge is 0.243 e. The molecule has 2 aromatic rings. The Morgan fingerprint density at radius 1 is 0.714 bits per heavy atom. The second kappa shape index (κ2) is 10.1. The minimum Gasteiger partial charge on any atom is -0.376 e. The van der Waals surface area contributed by atoms with E-state index in [1.807, 2.05) is 13.8 Å². The van der Waals surface area contributed by atoms with Crippen molar-refractivity contribution in [1.29, 1.82) is 0 Å². The Labute approximate surface area is 164 Å². The third kappa shape index (κ3) is 6.75. The number of benzene rings is 2. The maximum atomic E-state index is 12.1. The van der Waals surface area contributed by atoms with Crippen LogP contribution in [0.4, 0.5) is 22.7 Å². The van der Waals surface area contributed by atoms with Gasteiger partial charge >= 0.3 is 0 Å². The van der Waals surface area contributed by atoms with Crippen molar-refractivity contribution < 1.29 is 14.4 Å². The van der Waals surface area contributed by atoms with Crippen LogP contribution in [0.25, 0.3) is 0 Å². The first-order chi connectivity index (χ1) is 13.4. The fourth-order valence-corrected chi connectivity index (χ4v) is 2.23. The van der Waals surface area contributed by atoms with Crippen molar-refractivity contribution in [3.63, 3.8) is 0 Å². The fourth-order valence-electron chi connectivity index (χ4n) is 2.23. The van der Waals surface area contributed by atoms with Gasteiger partial charge in [0, 0.05) is 35.1 Å². The lowest BCUT2D eigenvalue weighted by molar-refractivity contribution is -0.119. The van der Waals surface area contributed by atoms with Crippen molar-refractivity contribution in [2.24, 2.45) is 5.92 Å². The molecule has 0 spiro atoms. The maximum Gasteiger partial charge on any atom is 0.243 e. The van der Waals surface area contributed by atoms with E-state index < -0.39 is 0 Å². The van der Waals surface area contributed by atoms with Crippen LogP contribution in [0.2, 0.25) is 0 Å². The molecule has 7 nitrogen and oxygen atoms in total. The van der Waals surface area contributed by atoms with Gasteiger partial charge in [0.15, 0.2) is 0 Å². The Kier molecular flexibility index (Phi) is 7.56. The molecule has 3 amide bonds. The molecule has 0 bridgehead atoms. The summed E-state index contributed by atoms with van der Waals surface area (Å²) >= 11 is 0. The number of rotatable bonds is 8. The van der Waals surface area contributed by atoms with Crippen LogP contribution in [0.1, 0.15) is 27.2 Å². The zero-order valence-corrected chi connectivity index (χ0v) is 16.3. The fraction of sp³-hybridized carbons (Fsp3) is 0.286. The van der Waals surface area contributed by atoms with E-state index in [1.54, 1.807) is 55.5 Å². The average Bonchev–Trinajstić information content (AvgIpc) is 2.68. The lowest BCUT2D eigenvalue weighted by atomic mass is 10.2. The molecular weight excluding hydrogens is 356 g/mol. The largest absolute Gasteiger partial charge is 0.376 e. The van der Waals surface area contributed by atoms with E-state index in [1.165, 1.54) is 0 Å². The summed E-state index contributed by atoms with van der Waals surface area (Å²) < 4.78 is 0. The minimum atomic E-state index is -0.192. The second-order valence-electron chi connectivity index (χ2n) is 6.60. The average molecular weight is 382 g/mol. The van der Waals surface area contributed by atoms with Crippen molar-refractivity contribution in [2.45, 2.75) is 27.2 Å². The number of hydrogen-bond acceptors (Lipinski definition) is 4. The Hall–Kier alpha value is -3.35. The van der Waals surface area contributed by atoms with E-state index in [0.717, 1.165) is 5.69 Å². The molecule has 0 heterocycles. The van der Waals surface area contributed by atoms with Gasteiger partial charge in [-0.05, 0) is 48.5 Å². The summed E-state index contributed by atoms with van der Waals surface area (Å²) in [5.74, 6) is -0.378. The molecule has 0 aliphatic rings. The summed E-state index contributed by atoms with van der Waals surface area (Å²) in [6, 6.07) is 14.1. The standard InChI is InChI=1S/C21H26N4O3/c1-4-19(26)23-16-9-11-17(12-10-16)24-20(27)13-22-15-5-7-18(8-6-15)25-21(28)14(2)3/h5-12,14,22H,4,13H2,1-3H3,(H,23,26)(H,24,27)(H,25,28). The second-order valence-corrected chi connectivity index (χ2v) is 6.60. The molecule has 0 unspecified atom stereocenters. The van der Waals surface area contributed by atoms with E-state index in [-0.39, 0.29) is 30.2 Å². The monoisotopic (exact) mass is 382 g/mol. The van der Waals surface area contributed by atoms with Crippen molar-refractivity contribution in [1.82, 2.24) is 0 Å². The Morgan fingerprint density at radius 3 is 1.61 bits per heavy atom. The van der Waals surface area contributed by atoms with Crippen LogP contribution in [0.5, 0.6) is 0 Å². The van der Waals surface area contributed by atoms with Gasteiger partial charge in [-0.1, -0.05) is 20.8 Å². The first-order valence-corrected chi connectivity index (χ1v) is 9.22. The number of hydrogen-bond donors (Lipinski definition) is 4. The van der Waals surface area contributed by atoms with Crippen molar-refractivity contribution >= 4 is 40.5 Å². The summed E-state index contributed by atoms with van der Waals surface area (Å²) in [7, 11) is 0. The van der Waals surface area contributed by atoms with Crippen molar-refractivity contribution in [3.05, 3.63) is 48.5 Å². The van der Waals surface area contributed by atoms with Gasteiger partial charge in [0.25, 0.3) is 0 Å². The van der Waals surface area contributed by atoms with E-state index >= 15 is 0 Å². The SMILES string of the molecule is CCC(=O)Nc1ccc(NC(=O)CNc2ccc(NC(=O)C(C)C)cc2)cc1. The summed E-state index contributed by atoms with van der Waals surface area (Å²) in [4.78, 5) is 35.1. The molecule has 28 heavy (non-hydrogen) atoms. The molecule has 0 aromatic heterocycles. The Balaban J connectivity index is 1.80. The van der Waals surface area contributed by atoms with Gasteiger partial charge < -0.3 is 21.3 Å². The van der Waals surface area contributed by atoms with Gasteiger partial charge in [-0.15, -0.1) is 0 Å². The predicted molar refractivity (Wildman–Crippen MR) is 112 cm³/mol. The molecule has 0 saturated carbocycles. The van der Waals surface area contributed by atoms with Crippen LogP contribution in [0.15, 0.2) is 48.5 Å². The van der Waals surface area contributed by atoms with Crippen molar-refractivity contribution in [2.75, 3.05) is 27.8 Å². The molecule has 148 valence electrons. The van der Waals surface area contributed by atoms with Crippen LogP contribution in [-0.2, 0) is 14.4 Å². The molecule has 0 saturated heterocycles. The molecule has 4 N–H and O–H groups in total. The quantitative estimate of drug-likeness (QED) is 0.560. The highest BCUT2D eigenvalue weighted by Gasteiger charge is 2.07. The van der Waals surface area contributed by atoms with Gasteiger partial charge in [-0.2, -0.15) is 0 Å². The zero-order chi connectivity index (χ0) is 20.5. The molecule has 2 aromatic carbocycles. The predicted octanol–water partition coefficient (Wildman–Crippen LogP) is 3.68. The maximum absolute atomic E-state index is 12.1. The van der Waals surface area contributed by atoms with E-state index in [9.17, 15) is 14.4 Å². The van der Waals surface area contributed by atoms with Crippen molar-refractivity contribution in [3.8, 4) is 0 Å². The number of anilines is 4. The Morgan fingerprint density at radius 2 is 1.14 bits per heavy atom. The van der Waals surface area contributed by atoms with Crippen LogP contribution in [-0.4, -0.2) is 24.3 Å². The van der Waals surface area contributed by atoms with Gasteiger partial charge in [-0.25, -0.2) is 0 Å². The van der Waals surface area contributed by atoms with Gasteiger partial charge in [0.05, 0.1) is 6.54 Å². The first-order valence-electron chi connectivity index (χ1n) is 9.22. The van der Waals surface area contributed by atoms with Gasteiger partial charge in [0.2, 0.25) is 17.7 Å². The van der Waals surface area contributed by atoms with Crippen LogP contribution in [0.3, 0.4) is 0 Å². The highest BCUT2D eigenvalue weighted by Crippen LogP contribution is 2.15.